The quantitative estimate of drug-likeness (QED) is 0.819. The largest absolute Gasteiger partial charge is 0.355 e. The lowest BCUT2D eigenvalue weighted by molar-refractivity contribution is -0.120. The van der Waals surface area contributed by atoms with Crippen molar-refractivity contribution in [1.29, 1.82) is 0 Å². The molecule has 3 nitrogen and oxygen atoms in total. The van der Waals surface area contributed by atoms with E-state index in [9.17, 15) is 4.79 Å². The molecule has 19 heavy (non-hydrogen) atoms. The van der Waals surface area contributed by atoms with Crippen LogP contribution in [0.2, 0.25) is 5.02 Å². The fourth-order valence-corrected chi connectivity index (χ4v) is 2.84. The van der Waals surface area contributed by atoms with Crippen molar-refractivity contribution in [3.05, 3.63) is 29.3 Å². The predicted molar refractivity (Wildman–Crippen MR) is 83.4 cm³/mol. The molecule has 1 fully saturated rings. The number of benzene rings is 1. The second kappa shape index (κ2) is 8.00. The fraction of sp³-hybridized carbons (Fsp3) is 0.462. The van der Waals surface area contributed by atoms with Gasteiger partial charge in [-0.1, -0.05) is 23.7 Å². The van der Waals surface area contributed by atoms with Crippen molar-refractivity contribution in [3.63, 3.8) is 0 Å². The van der Waals surface area contributed by atoms with Crippen LogP contribution in [0.3, 0.4) is 0 Å². The molecule has 6 heteroatoms. The molecule has 1 aromatic carbocycles. The molecule has 0 aliphatic carbocycles. The van der Waals surface area contributed by atoms with Gasteiger partial charge in [-0.25, -0.2) is 0 Å². The van der Waals surface area contributed by atoms with Crippen molar-refractivity contribution < 1.29 is 4.79 Å². The second-order valence-electron chi connectivity index (χ2n) is 4.46. The molecule has 0 bridgehead atoms. The first-order valence-corrected chi connectivity index (χ1v) is 7.32. The summed E-state index contributed by atoms with van der Waals surface area (Å²) in [5.41, 5.74) is 0. The van der Waals surface area contributed by atoms with Crippen LogP contribution in [0.4, 0.5) is 0 Å². The molecule has 1 aliphatic heterocycles. The van der Waals surface area contributed by atoms with E-state index in [0.29, 0.717) is 10.9 Å². The Kier molecular flexibility index (Phi) is 7.00. The molecular formula is C13H18Cl2N2OS. The summed E-state index contributed by atoms with van der Waals surface area (Å²) in [5, 5.41) is 6.74. The predicted octanol–water partition coefficient (Wildman–Crippen LogP) is 2.58. The molecule has 1 aromatic rings. The van der Waals surface area contributed by atoms with Gasteiger partial charge < -0.3 is 10.6 Å². The van der Waals surface area contributed by atoms with Crippen LogP contribution in [0.25, 0.3) is 0 Å². The molecule has 0 saturated carbocycles. The number of carbonyl (C=O) groups excluding carboxylic acids is 1. The molecule has 1 amide bonds. The van der Waals surface area contributed by atoms with Crippen molar-refractivity contribution in [2.75, 3.05) is 19.6 Å². The highest BCUT2D eigenvalue weighted by Crippen LogP contribution is 2.29. The summed E-state index contributed by atoms with van der Waals surface area (Å²) >= 11 is 7.57. The van der Waals surface area contributed by atoms with Crippen molar-refractivity contribution >= 4 is 41.7 Å². The van der Waals surface area contributed by atoms with Gasteiger partial charge in [0.25, 0.3) is 0 Å². The Hall–Kier alpha value is -0.420. The monoisotopic (exact) mass is 320 g/mol. The Morgan fingerprint density at radius 1 is 1.53 bits per heavy atom. The molecule has 0 spiro atoms. The van der Waals surface area contributed by atoms with E-state index < -0.39 is 0 Å². The van der Waals surface area contributed by atoms with Gasteiger partial charge in [0.2, 0.25) is 5.91 Å². The normalized spacial score (nSPS) is 16.1. The van der Waals surface area contributed by atoms with Crippen LogP contribution < -0.4 is 10.6 Å². The third-order valence-corrected chi connectivity index (χ3v) is 4.56. The number of nitrogens with one attached hydrogen (secondary N) is 2. The van der Waals surface area contributed by atoms with Crippen LogP contribution in [0.15, 0.2) is 29.2 Å². The Labute approximate surface area is 129 Å². The molecule has 1 saturated heterocycles. The summed E-state index contributed by atoms with van der Waals surface area (Å²) in [5.74, 6) is 0.665. The summed E-state index contributed by atoms with van der Waals surface area (Å²) < 4.78 is 0. The highest BCUT2D eigenvalue weighted by molar-refractivity contribution is 8.00. The standard InChI is InChI=1S/C13H17ClN2OS.ClH/c1-9(13(17)16-8-10-6-15-7-10)18-12-5-3-2-4-11(12)14;/h2-5,9-10,15H,6-8H2,1H3,(H,16,17);1H. The zero-order valence-electron chi connectivity index (χ0n) is 10.7. The fourth-order valence-electron chi connectivity index (χ4n) is 1.67. The van der Waals surface area contributed by atoms with Gasteiger partial charge in [0.15, 0.2) is 0 Å². The highest BCUT2D eigenvalue weighted by atomic mass is 35.5. The first-order valence-electron chi connectivity index (χ1n) is 6.06. The Morgan fingerprint density at radius 3 is 2.79 bits per heavy atom. The SMILES string of the molecule is CC(Sc1ccccc1Cl)C(=O)NCC1CNC1.Cl. The van der Waals surface area contributed by atoms with Gasteiger partial charge in [-0.15, -0.1) is 24.2 Å². The maximum absolute atomic E-state index is 11.9. The van der Waals surface area contributed by atoms with E-state index in [1.807, 2.05) is 31.2 Å². The number of halogens is 2. The van der Waals surface area contributed by atoms with Gasteiger partial charge in [-0.05, 0) is 19.1 Å². The van der Waals surface area contributed by atoms with Gasteiger partial charge >= 0.3 is 0 Å². The van der Waals surface area contributed by atoms with E-state index >= 15 is 0 Å². The summed E-state index contributed by atoms with van der Waals surface area (Å²) in [6, 6.07) is 7.60. The molecule has 2 rings (SSSR count). The summed E-state index contributed by atoms with van der Waals surface area (Å²) in [6.45, 7) is 4.68. The van der Waals surface area contributed by atoms with Gasteiger partial charge in [-0.2, -0.15) is 0 Å². The molecular weight excluding hydrogens is 303 g/mol. The van der Waals surface area contributed by atoms with Crippen LogP contribution in [0.5, 0.6) is 0 Å². The first-order chi connectivity index (χ1) is 8.66. The molecule has 1 atom stereocenters. The number of rotatable bonds is 5. The van der Waals surface area contributed by atoms with Crippen molar-refractivity contribution in [2.45, 2.75) is 17.1 Å². The van der Waals surface area contributed by atoms with Crippen LogP contribution in [0.1, 0.15) is 6.92 Å². The number of hydrogen-bond acceptors (Lipinski definition) is 3. The van der Waals surface area contributed by atoms with Crippen LogP contribution in [0, 0.1) is 5.92 Å². The molecule has 2 N–H and O–H groups in total. The lowest BCUT2D eigenvalue weighted by Crippen LogP contribution is -2.49. The number of thioether (sulfide) groups is 1. The van der Waals surface area contributed by atoms with E-state index in [4.69, 9.17) is 11.6 Å². The van der Waals surface area contributed by atoms with Crippen LogP contribution >= 0.6 is 35.8 Å². The molecule has 106 valence electrons. The summed E-state index contributed by atoms with van der Waals surface area (Å²) in [6.07, 6.45) is 0. The van der Waals surface area contributed by atoms with E-state index in [1.165, 1.54) is 11.8 Å². The van der Waals surface area contributed by atoms with Gasteiger partial charge in [-0.3, -0.25) is 4.79 Å². The van der Waals surface area contributed by atoms with E-state index in [-0.39, 0.29) is 23.6 Å². The molecule has 0 aromatic heterocycles. The minimum absolute atomic E-state index is 0. The summed E-state index contributed by atoms with van der Waals surface area (Å²) in [7, 11) is 0. The topological polar surface area (TPSA) is 41.1 Å². The summed E-state index contributed by atoms with van der Waals surface area (Å²) in [4.78, 5) is 12.9. The third-order valence-electron chi connectivity index (χ3n) is 2.94. The molecule has 1 aliphatic rings. The second-order valence-corrected chi connectivity index (χ2v) is 6.25. The maximum Gasteiger partial charge on any atom is 0.233 e. The van der Waals surface area contributed by atoms with Gasteiger partial charge in [0, 0.05) is 30.4 Å². The maximum atomic E-state index is 11.9. The van der Waals surface area contributed by atoms with E-state index in [2.05, 4.69) is 10.6 Å². The van der Waals surface area contributed by atoms with Crippen molar-refractivity contribution in [3.8, 4) is 0 Å². The van der Waals surface area contributed by atoms with Gasteiger partial charge in [0.05, 0.1) is 10.3 Å². The lowest BCUT2D eigenvalue weighted by Gasteiger charge is -2.27. The molecule has 1 heterocycles. The van der Waals surface area contributed by atoms with Crippen LogP contribution in [-0.2, 0) is 4.79 Å². The van der Waals surface area contributed by atoms with Gasteiger partial charge in [0.1, 0.15) is 0 Å². The zero-order valence-corrected chi connectivity index (χ0v) is 13.1. The van der Waals surface area contributed by atoms with Crippen molar-refractivity contribution in [1.82, 2.24) is 10.6 Å². The average molecular weight is 321 g/mol. The number of carbonyl (C=O) groups is 1. The van der Waals surface area contributed by atoms with E-state index in [1.54, 1.807) is 0 Å². The average Bonchev–Trinajstić information content (AvgIpc) is 2.30. The lowest BCUT2D eigenvalue weighted by atomic mass is 10.0. The Bertz CT molecular complexity index is 427. The first kappa shape index (κ1) is 16.6. The number of hydrogen-bond donors (Lipinski definition) is 2. The molecule has 1 unspecified atom stereocenters. The van der Waals surface area contributed by atoms with Crippen LogP contribution in [-0.4, -0.2) is 30.8 Å². The third kappa shape index (κ3) is 4.88. The minimum Gasteiger partial charge on any atom is -0.355 e. The molecule has 0 radical (unpaired) electrons. The number of amides is 1. The van der Waals surface area contributed by atoms with Crippen molar-refractivity contribution in [2.24, 2.45) is 5.92 Å². The Balaban J connectivity index is 0.00000180. The zero-order chi connectivity index (χ0) is 13.0. The highest BCUT2D eigenvalue weighted by Gasteiger charge is 2.20. The van der Waals surface area contributed by atoms with E-state index in [0.717, 1.165) is 24.5 Å². The smallest absolute Gasteiger partial charge is 0.233 e. The Morgan fingerprint density at radius 2 is 2.21 bits per heavy atom. The minimum atomic E-state index is -0.127.